The van der Waals surface area contributed by atoms with Gasteiger partial charge in [-0.25, -0.2) is 4.99 Å². The van der Waals surface area contributed by atoms with Crippen molar-refractivity contribution in [2.45, 2.75) is 20.5 Å². The molecule has 0 spiro atoms. The molecule has 2 aliphatic rings. The first-order chi connectivity index (χ1) is 15.6. The SMILES string of the molecule is CCOc1ccc(N2CN=c3s/c(=C4\C(=O)Nc5ccc(OCC)cc54)c(=O)n3C2)cc1. The van der Waals surface area contributed by atoms with E-state index < -0.39 is 0 Å². The van der Waals surface area contributed by atoms with Crippen molar-refractivity contribution in [2.75, 3.05) is 30.1 Å². The summed E-state index contributed by atoms with van der Waals surface area (Å²) in [6.45, 7) is 5.77. The summed E-state index contributed by atoms with van der Waals surface area (Å²) in [5.74, 6) is 1.18. The third-order valence-corrected chi connectivity index (χ3v) is 6.45. The standard InChI is InChI=1S/C23H22N4O4S/c1-3-30-15-7-5-14(6-8-15)26-12-24-23-27(13-26)22(29)20(32-23)19-17-11-16(31-4-2)9-10-18(17)25-21(19)28/h5-11H,3-4,12-13H2,1-2H3,(H,25,28)/b20-19-. The number of carbonyl (C=O) groups is 1. The highest BCUT2D eigenvalue weighted by Gasteiger charge is 2.28. The molecule has 0 saturated carbocycles. The molecule has 32 heavy (non-hydrogen) atoms. The van der Waals surface area contributed by atoms with E-state index in [1.54, 1.807) is 16.7 Å². The molecule has 0 aliphatic carbocycles. The molecule has 2 aromatic carbocycles. The first-order valence-electron chi connectivity index (χ1n) is 10.4. The fourth-order valence-electron chi connectivity index (χ4n) is 3.87. The van der Waals surface area contributed by atoms with E-state index in [0.29, 0.717) is 58.5 Å². The van der Waals surface area contributed by atoms with Gasteiger partial charge < -0.3 is 19.7 Å². The largest absolute Gasteiger partial charge is 0.494 e. The number of hydrogen-bond donors (Lipinski definition) is 1. The van der Waals surface area contributed by atoms with Crippen molar-refractivity contribution in [3.05, 3.63) is 67.7 Å². The number of fused-ring (bicyclic) bond motifs is 2. The molecule has 164 valence electrons. The Morgan fingerprint density at radius 1 is 1.03 bits per heavy atom. The minimum absolute atomic E-state index is 0.218. The quantitative estimate of drug-likeness (QED) is 0.642. The van der Waals surface area contributed by atoms with Crippen LogP contribution in [0.25, 0.3) is 5.57 Å². The zero-order chi connectivity index (χ0) is 22.2. The number of amides is 1. The van der Waals surface area contributed by atoms with Crippen molar-refractivity contribution in [1.29, 1.82) is 0 Å². The van der Waals surface area contributed by atoms with Crippen molar-refractivity contribution in [3.63, 3.8) is 0 Å². The van der Waals surface area contributed by atoms with Crippen molar-refractivity contribution in [3.8, 4) is 11.5 Å². The van der Waals surface area contributed by atoms with Crippen LogP contribution in [0.4, 0.5) is 11.4 Å². The van der Waals surface area contributed by atoms with Gasteiger partial charge in [-0.3, -0.25) is 14.2 Å². The van der Waals surface area contributed by atoms with Crippen LogP contribution in [-0.4, -0.2) is 30.4 Å². The minimum atomic E-state index is -0.284. The van der Waals surface area contributed by atoms with Crippen LogP contribution in [0.2, 0.25) is 0 Å². The lowest BCUT2D eigenvalue weighted by Crippen LogP contribution is -2.43. The maximum Gasteiger partial charge on any atom is 0.272 e. The van der Waals surface area contributed by atoms with Crippen LogP contribution in [0.5, 0.6) is 11.5 Å². The van der Waals surface area contributed by atoms with E-state index >= 15 is 0 Å². The number of ether oxygens (including phenoxy) is 2. The number of aromatic nitrogens is 1. The number of rotatable bonds is 5. The molecule has 0 atom stereocenters. The summed E-state index contributed by atoms with van der Waals surface area (Å²) in [5, 5.41) is 2.85. The fourth-order valence-corrected chi connectivity index (χ4v) is 4.93. The summed E-state index contributed by atoms with van der Waals surface area (Å²) in [6.07, 6.45) is 0. The normalized spacial score (nSPS) is 16.2. The van der Waals surface area contributed by atoms with Crippen molar-refractivity contribution >= 4 is 34.2 Å². The lowest BCUT2D eigenvalue weighted by Gasteiger charge is -2.25. The van der Waals surface area contributed by atoms with Gasteiger partial charge in [-0.15, -0.1) is 0 Å². The van der Waals surface area contributed by atoms with Crippen LogP contribution in [0.15, 0.2) is 52.3 Å². The summed E-state index contributed by atoms with van der Waals surface area (Å²) in [7, 11) is 0. The van der Waals surface area contributed by atoms with E-state index in [1.807, 2.05) is 49.1 Å². The molecular formula is C23H22N4O4S. The number of hydrogen-bond acceptors (Lipinski definition) is 7. The van der Waals surface area contributed by atoms with Gasteiger partial charge in [-0.05, 0) is 56.3 Å². The zero-order valence-electron chi connectivity index (χ0n) is 17.8. The van der Waals surface area contributed by atoms with Gasteiger partial charge in [0.2, 0.25) is 0 Å². The minimum Gasteiger partial charge on any atom is -0.494 e. The topological polar surface area (TPSA) is 85.2 Å². The van der Waals surface area contributed by atoms with Gasteiger partial charge in [0, 0.05) is 16.9 Å². The highest BCUT2D eigenvalue weighted by molar-refractivity contribution is 7.07. The maximum absolute atomic E-state index is 13.3. The second kappa shape index (κ2) is 8.16. The van der Waals surface area contributed by atoms with Crippen LogP contribution < -0.4 is 34.6 Å². The van der Waals surface area contributed by atoms with Crippen molar-refractivity contribution in [1.82, 2.24) is 4.57 Å². The third-order valence-electron chi connectivity index (χ3n) is 5.34. The molecule has 1 aromatic heterocycles. The predicted molar refractivity (Wildman–Crippen MR) is 123 cm³/mol. The van der Waals surface area contributed by atoms with Crippen molar-refractivity contribution in [2.24, 2.45) is 4.99 Å². The Kier molecular flexibility index (Phi) is 5.18. The van der Waals surface area contributed by atoms with Crippen LogP contribution in [0.1, 0.15) is 19.4 Å². The lowest BCUT2D eigenvalue weighted by atomic mass is 10.1. The van der Waals surface area contributed by atoms with E-state index in [-0.39, 0.29) is 11.5 Å². The Morgan fingerprint density at radius 2 is 1.75 bits per heavy atom. The van der Waals surface area contributed by atoms with Gasteiger partial charge in [0.1, 0.15) is 29.4 Å². The second-order valence-electron chi connectivity index (χ2n) is 7.32. The Bertz CT molecular complexity index is 1370. The average molecular weight is 451 g/mol. The molecule has 0 fully saturated rings. The number of anilines is 2. The zero-order valence-corrected chi connectivity index (χ0v) is 18.6. The Hall–Kier alpha value is -3.59. The predicted octanol–water partition coefficient (Wildman–Crippen LogP) is 1.91. The van der Waals surface area contributed by atoms with Crippen LogP contribution in [-0.2, 0) is 11.5 Å². The lowest BCUT2D eigenvalue weighted by molar-refractivity contribution is -0.110. The molecule has 8 nitrogen and oxygen atoms in total. The smallest absolute Gasteiger partial charge is 0.272 e. The van der Waals surface area contributed by atoms with E-state index in [0.717, 1.165) is 11.4 Å². The van der Waals surface area contributed by atoms with Gasteiger partial charge in [0.05, 0.1) is 18.8 Å². The van der Waals surface area contributed by atoms with Crippen LogP contribution >= 0.6 is 11.3 Å². The molecule has 2 aliphatic heterocycles. The fraction of sp³-hybridized carbons (Fsp3) is 0.261. The molecule has 3 heterocycles. The highest BCUT2D eigenvalue weighted by Crippen LogP contribution is 2.33. The summed E-state index contributed by atoms with van der Waals surface area (Å²) >= 11 is 1.25. The van der Waals surface area contributed by atoms with Gasteiger partial charge in [0.15, 0.2) is 4.80 Å². The molecule has 0 saturated heterocycles. The summed E-state index contributed by atoms with van der Waals surface area (Å²) in [6, 6.07) is 13.1. The first kappa shape index (κ1) is 20.3. The Morgan fingerprint density at radius 3 is 2.50 bits per heavy atom. The van der Waals surface area contributed by atoms with Gasteiger partial charge in [0.25, 0.3) is 11.5 Å². The molecule has 1 amide bonds. The Labute approximate surface area is 188 Å². The molecule has 0 bridgehead atoms. The van der Waals surface area contributed by atoms with E-state index in [1.165, 1.54) is 11.3 Å². The van der Waals surface area contributed by atoms with E-state index in [4.69, 9.17) is 9.47 Å². The summed E-state index contributed by atoms with van der Waals surface area (Å²) in [5.41, 5.74) is 2.46. The molecule has 0 unspecified atom stereocenters. The van der Waals surface area contributed by atoms with Gasteiger partial charge >= 0.3 is 0 Å². The van der Waals surface area contributed by atoms with E-state index in [9.17, 15) is 9.59 Å². The maximum atomic E-state index is 13.3. The first-order valence-corrected chi connectivity index (χ1v) is 11.3. The second-order valence-corrected chi connectivity index (χ2v) is 8.30. The van der Waals surface area contributed by atoms with Crippen LogP contribution in [0.3, 0.4) is 0 Å². The van der Waals surface area contributed by atoms with Gasteiger partial charge in [-0.1, -0.05) is 11.3 Å². The number of thiazole rings is 1. The monoisotopic (exact) mass is 450 g/mol. The summed E-state index contributed by atoms with van der Waals surface area (Å²) < 4.78 is 13.1. The molecule has 5 rings (SSSR count). The number of carbonyl (C=O) groups excluding carboxylic acids is 1. The van der Waals surface area contributed by atoms with Gasteiger partial charge in [-0.2, -0.15) is 0 Å². The third kappa shape index (κ3) is 3.44. The van der Waals surface area contributed by atoms with E-state index in [2.05, 4.69) is 10.3 Å². The molecular weight excluding hydrogens is 428 g/mol. The molecule has 9 heteroatoms. The highest BCUT2D eigenvalue weighted by atomic mass is 32.1. The summed E-state index contributed by atoms with van der Waals surface area (Å²) in [4.78, 5) is 33.3. The Balaban J connectivity index is 1.55. The van der Waals surface area contributed by atoms with Crippen molar-refractivity contribution < 1.29 is 14.3 Å². The number of nitrogens with zero attached hydrogens (tertiary/aromatic N) is 3. The molecule has 3 aromatic rings. The molecule has 0 radical (unpaired) electrons. The average Bonchev–Trinajstić information content (AvgIpc) is 3.29. The molecule has 1 N–H and O–H groups in total. The van der Waals surface area contributed by atoms with Crippen LogP contribution in [0, 0.1) is 0 Å². The number of benzene rings is 2. The number of nitrogens with one attached hydrogen (secondary N) is 1.